The molecule has 1 aromatic carbocycles. The fourth-order valence-electron chi connectivity index (χ4n) is 2.09. The maximum absolute atomic E-state index is 12.1. The number of nitrogens with one attached hydrogen (secondary N) is 1. The van der Waals surface area contributed by atoms with Crippen LogP contribution in [0.2, 0.25) is 0 Å². The smallest absolute Gasteiger partial charge is 0.243 e. The van der Waals surface area contributed by atoms with Gasteiger partial charge in [0.25, 0.3) is 0 Å². The van der Waals surface area contributed by atoms with Crippen molar-refractivity contribution in [2.45, 2.75) is 26.8 Å². The summed E-state index contributed by atoms with van der Waals surface area (Å²) in [5.74, 6) is 0.167. The van der Waals surface area contributed by atoms with E-state index in [2.05, 4.69) is 25.2 Å². The van der Waals surface area contributed by atoms with Gasteiger partial charge in [0.2, 0.25) is 5.91 Å². The van der Waals surface area contributed by atoms with Gasteiger partial charge in [0, 0.05) is 18.8 Å². The van der Waals surface area contributed by atoms with Crippen LogP contribution in [0.15, 0.2) is 18.2 Å². The summed E-state index contributed by atoms with van der Waals surface area (Å²) in [6.45, 7) is 7.69. The number of carbonyl (C=O) groups excluding carboxylic acids is 1. The Balaban J connectivity index is 2.36. The minimum atomic E-state index is -0.0753. The summed E-state index contributed by atoms with van der Waals surface area (Å²) in [6, 6.07) is 6.04. The van der Waals surface area contributed by atoms with Crippen molar-refractivity contribution in [3.05, 3.63) is 29.3 Å². The van der Waals surface area contributed by atoms with Crippen LogP contribution in [0.4, 0.5) is 5.69 Å². The molecular formula is C13H18N2O. The third kappa shape index (κ3) is 1.83. The second kappa shape index (κ2) is 4.26. The first kappa shape index (κ1) is 11.1. The van der Waals surface area contributed by atoms with Crippen molar-refractivity contribution in [3.63, 3.8) is 0 Å². The minimum Gasteiger partial charge on any atom is -0.310 e. The SMILES string of the molecule is Cc1cccc(N2CCNC(C)C2=O)c1C. The van der Waals surface area contributed by atoms with Crippen molar-refractivity contribution in [1.29, 1.82) is 0 Å². The maximum Gasteiger partial charge on any atom is 0.243 e. The highest BCUT2D eigenvalue weighted by molar-refractivity contribution is 5.98. The number of aryl methyl sites for hydroxylation is 1. The average Bonchev–Trinajstić information content (AvgIpc) is 2.27. The molecule has 1 heterocycles. The topological polar surface area (TPSA) is 32.3 Å². The molecule has 2 rings (SSSR count). The molecule has 0 spiro atoms. The Morgan fingerprint density at radius 2 is 2.12 bits per heavy atom. The first-order valence-electron chi connectivity index (χ1n) is 5.72. The molecule has 1 N–H and O–H groups in total. The summed E-state index contributed by atoms with van der Waals surface area (Å²) >= 11 is 0. The van der Waals surface area contributed by atoms with E-state index in [4.69, 9.17) is 0 Å². The van der Waals surface area contributed by atoms with E-state index in [1.807, 2.05) is 24.0 Å². The summed E-state index contributed by atoms with van der Waals surface area (Å²) < 4.78 is 0. The molecule has 1 atom stereocenters. The molecule has 1 saturated heterocycles. The first-order chi connectivity index (χ1) is 7.61. The van der Waals surface area contributed by atoms with Gasteiger partial charge in [0.1, 0.15) is 0 Å². The molecule has 86 valence electrons. The maximum atomic E-state index is 12.1. The number of benzene rings is 1. The largest absolute Gasteiger partial charge is 0.310 e. The van der Waals surface area contributed by atoms with E-state index in [9.17, 15) is 4.79 Å². The van der Waals surface area contributed by atoms with Gasteiger partial charge in [0.15, 0.2) is 0 Å². The van der Waals surface area contributed by atoms with Crippen LogP contribution in [0.1, 0.15) is 18.1 Å². The zero-order valence-corrected chi connectivity index (χ0v) is 10.1. The van der Waals surface area contributed by atoms with Crippen LogP contribution in [0.5, 0.6) is 0 Å². The third-order valence-electron chi connectivity index (χ3n) is 3.29. The van der Waals surface area contributed by atoms with Crippen LogP contribution in [0.3, 0.4) is 0 Å². The summed E-state index contributed by atoms with van der Waals surface area (Å²) in [7, 11) is 0. The Kier molecular flexibility index (Phi) is 2.97. The molecule has 3 nitrogen and oxygen atoms in total. The van der Waals surface area contributed by atoms with Crippen LogP contribution in [0, 0.1) is 13.8 Å². The molecule has 16 heavy (non-hydrogen) atoms. The van der Waals surface area contributed by atoms with Gasteiger partial charge in [0.05, 0.1) is 6.04 Å². The van der Waals surface area contributed by atoms with E-state index in [0.717, 1.165) is 18.8 Å². The van der Waals surface area contributed by atoms with E-state index in [-0.39, 0.29) is 11.9 Å². The number of piperazine rings is 1. The van der Waals surface area contributed by atoms with Gasteiger partial charge in [-0.15, -0.1) is 0 Å². The summed E-state index contributed by atoms with van der Waals surface area (Å²) in [5, 5.41) is 3.17. The molecule has 0 aromatic heterocycles. The number of rotatable bonds is 1. The number of hydrogen-bond donors (Lipinski definition) is 1. The monoisotopic (exact) mass is 218 g/mol. The van der Waals surface area contributed by atoms with Gasteiger partial charge in [-0.1, -0.05) is 12.1 Å². The normalized spacial score (nSPS) is 21.3. The summed E-state index contributed by atoms with van der Waals surface area (Å²) in [5.41, 5.74) is 3.49. The van der Waals surface area contributed by atoms with E-state index in [1.165, 1.54) is 11.1 Å². The van der Waals surface area contributed by atoms with Crippen LogP contribution in [-0.2, 0) is 4.79 Å². The van der Waals surface area contributed by atoms with Gasteiger partial charge in [-0.05, 0) is 38.0 Å². The fourth-order valence-corrected chi connectivity index (χ4v) is 2.09. The van der Waals surface area contributed by atoms with Crippen LogP contribution in [0.25, 0.3) is 0 Å². The Hall–Kier alpha value is -1.35. The minimum absolute atomic E-state index is 0.0753. The average molecular weight is 218 g/mol. The van der Waals surface area contributed by atoms with Crippen LogP contribution < -0.4 is 10.2 Å². The van der Waals surface area contributed by atoms with E-state index >= 15 is 0 Å². The molecule has 1 amide bonds. The molecule has 0 saturated carbocycles. The predicted octanol–water partition coefficient (Wildman–Crippen LogP) is 1.63. The highest BCUT2D eigenvalue weighted by atomic mass is 16.2. The Morgan fingerprint density at radius 1 is 1.38 bits per heavy atom. The van der Waals surface area contributed by atoms with Crippen molar-refractivity contribution in [1.82, 2.24) is 5.32 Å². The highest BCUT2D eigenvalue weighted by Gasteiger charge is 2.26. The van der Waals surface area contributed by atoms with Crippen molar-refractivity contribution in [3.8, 4) is 0 Å². The Morgan fingerprint density at radius 3 is 2.88 bits per heavy atom. The molecule has 0 radical (unpaired) electrons. The zero-order valence-electron chi connectivity index (χ0n) is 10.1. The lowest BCUT2D eigenvalue weighted by Gasteiger charge is -2.32. The second-order valence-corrected chi connectivity index (χ2v) is 4.38. The fraction of sp³-hybridized carbons (Fsp3) is 0.462. The van der Waals surface area contributed by atoms with Crippen molar-refractivity contribution >= 4 is 11.6 Å². The first-order valence-corrected chi connectivity index (χ1v) is 5.72. The standard InChI is InChI=1S/C13H18N2O/c1-9-5-4-6-12(10(9)2)15-8-7-14-11(3)13(15)16/h4-6,11,14H,7-8H2,1-3H3. The van der Waals surface area contributed by atoms with Gasteiger partial charge in [-0.2, -0.15) is 0 Å². The Bertz CT molecular complexity index is 414. The molecule has 1 aromatic rings. The molecule has 3 heteroatoms. The van der Waals surface area contributed by atoms with E-state index < -0.39 is 0 Å². The molecular weight excluding hydrogens is 200 g/mol. The molecule has 0 aliphatic carbocycles. The Labute approximate surface area is 96.5 Å². The molecule has 1 aliphatic rings. The van der Waals surface area contributed by atoms with E-state index in [0.29, 0.717) is 0 Å². The van der Waals surface area contributed by atoms with Gasteiger partial charge in [-0.3, -0.25) is 4.79 Å². The highest BCUT2D eigenvalue weighted by Crippen LogP contribution is 2.24. The van der Waals surface area contributed by atoms with Gasteiger partial charge < -0.3 is 10.2 Å². The summed E-state index contributed by atoms with van der Waals surface area (Å²) in [4.78, 5) is 13.9. The molecule has 1 fully saturated rings. The number of carbonyl (C=O) groups is 1. The van der Waals surface area contributed by atoms with Crippen LogP contribution in [-0.4, -0.2) is 25.0 Å². The van der Waals surface area contributed by atoms with Crippen molar-refractivity contribution < 1.29 is 4.79 Å². The van der Waals surface area contributed by atoms with Crippen LogP contribution >= 0.6 is 0 Å². The zero-order chi connectivity index (χ0) is 11.7. The molecule has 1 unspecified atom stereocenters. The van der Waals surface area contributed by atoms with Crippen molar-refractivity contribution in [2.75, 3.05) is 18.0 Å². The van der Waals surface area contributed by atoms with Crippen molar-refractivity contribution in [2.24, 2.45) is 0 Å². The van der Waals surface area contributed by atoms with Gasteiger partial charge in [-0.25, -0.2) is 0 Å². The quantitative estimate of drug-likeness (QED) is 0.777. The molecule has 0 bridgehead atoms. The predicted molar refractivity (Wildman–Crippen MR) is 65.7 cm³/mol. The van der Waals surface area contributed by atoms with E-state index in [1.54, 1.807) is 0 Å². The lowest BCUT2D eigenvalue weighted by Crippen LogP contribution is -2.54. The lowest BCUT2D eigenvalue weighted by molar-refractivity contribution is -0.121. The number of anilines is 1. The number of nitrogens with zero attached hydrogens (tertiary/aromatic N) is 1. The third-order valence-corrected chi connectivity index (χ3v) is 3.29. The number of hydrogen-bond acceptors (Lipinski definition) is 2. The number of amides is 1. The summed E-state index contributed by atoms with van der Waals surface area (Å²) in [6.07, 6.45) is 0. The molecule has 1 aliphatic heterocycles. The lowest BCUT2D eigenvalue weighted by atomic mass is 10.1. The second-order valence-electron chi connectivity index (χ2n) is 4.38. The van der Waals surface area contributed by atoms with Gasteiger partial charge >= 0.3 is 0 Å².